The van der Waals surface area contributed by atoms with Crippen molar-refractivity contribution in [2.24, 2.45) is 0 Å². The Kier molecular flexibility index (Phi) is 4.49. The predicted octanol–water partition coefficient (Wildman–Crippen LogP) is 4.54. The van der Waals surface area contributed by atoms with Crippen LogP contribution < -0.4 is 5.32 Å². The summed E-state index contributed by atoms with van der Waals surface area (Å²) in [5, 5.41) is 3.94. The van der Waals surface area contributed by atoms with E-state index in [9.17, 15) is 4.39 Å². The van der Waals surface area contributed by atoms with E-state index in [4.69, 9.17) is 0 Å². The number of nitrogens with one attached hydrogen (secondary N) is 1. The zero-order valence-electron chi connectivity index (χ0n) is 14.0. The van der Waals surface area contributed by atoms with Gasteiger partial charge < -0.3 is 9.88 Å². The van der Waals surface area contributed by atoms with E-state index < -0.39 is 0 Å². The molecule has 23 heavy (non-hydrogen) atoms. The minimum atomic E-state index is -0.140. The van der Waals surface area contributed by atoms with E-state index in [1.807, 2.05) is 26.2 Å². The minimum absolute atomic E-state index is 0.140. The molecule has 4 rings (SSSR count). The van der Waals surface area contributed by atoms with Crippen LogP contribution in [0.25, 0.3) is 22.0 Å². The van der Waals surface area contributed by atoms with Crippen molar-refractivity contribution < 1.29 is 4.39 Å². The Labute approximate surface area is 136 Å². The monoisotopic (exact) mass is 310 g/mol. The summed E-state index contributed by atoms with van der Waals surface area (Å²) in [4.78, 5) is 0. The van der Waals surface area contributed by atoms with Gasteiger partial charge in [0.1, 0.15) is 5.82 Å². The van der Waals surface area contributed by atoms with Crippen molar-refractivity contribution in [3.05, 3.63) is 59.5 Å². The summed E-state index contributed by atoms with van der Waals surface area (Å²) in [6.45, 7) is 3.14. The average Bonchev–Trinajstić information content (AvgIpc) is 2.84. The van der Waals surface area contributed by atoms with Crippen molar-refractivity contribution in [1.82, 2.24) is 9.88 Å². The highest BCUT2D eigenvalue weighted by molar-refractivity contribution is 6.00. The molecule has 2 aromatic carbocycles. The second-order valence-electron chi connectivity index (χ2n) is 6.01. The normalized spacial score (nSPS) is 12.9. The average molecular weight is 310 g/mol. The molecule has 3 aromatic rings. The summed E-state index contributed by atoms with van der Waals surface area (Å²) < 4.78 is 16.6. The molecule has 0 unspecified atom stereocenters. The molecule has 2 nitrogen and oxygen atoms in total. The molecule has 120 valence electrons. The number of aromatic nitrogens is 1. The number of nitrogens with zero attached hydrogens (tertiary/aromatic N) is 1. The van der Waals surface area contributed by atoms with Crippen molar-refractivity contribution in [3.8, 4) is 11.1 Å². The van der Waals surface area contributed by atoms with Gasteiger partial charge in [-0.1, -0.05) is 36.4 Å². The Morgan fingerprint density at radius 2 is 1.78 bits per heavy atom. The Bertz CT molecular complexity index is 833. The Morgan fingerprint density at radius 1 is 1.04 bits per heavy atom. The SMILES string of the molecule is CNC.Cc1c(-c2ccccc2F)c2cccc3c2n1CCC3. The summed E-state index contributed by atoms with van der Waals surface area (Å²) in [6, 6.07) is 13.5. The molecular formula is C20H23FN2. The summed E-state index contributed by atoms with van der Waals surface area (Å²) in [5.74, 6) is -0.140. The van der Waals surface area contributed by atoms with Crippen LogP contribution in [0.2, 0.25) is 0 Å². The Morgan fingerprint density at radius 3 is 2.52 bits per heavy atom. The molecule has 0 radical (unpaired) electrons. The summed E-state index contributed by atoms with van der Waals surface area (Å²) in [6.07, 6.45) is 2.29. The highest BCUT2D eigenvalue weighted by atomic mass is 19.1. The summed E-state index contributed by atoms with van der Waals surface area (Å²) in [7, 11) is 3.75. The number of benzene rings is 2. The number of halogens is 1. The Hall–Kier alpha value is -2.13. The maximum Gasteiger partial charge on any atom is 0.131 e. The fourth-order valence-electron chi connectivity index (χ4n) is 3.52. The van der Waals surface area contributed by atoms with Gasteiger partial charge in [-0.2, -0.15) is 0 Å². The number of para-hydroxylation sites is 1. The van der Waals surface area contributed by atoms with E-state index in [-0.39, 0.29) is 5.82 Å². The lowest BCUT2D eigenvalue weighted by atomic mass is 9.99. The quantitative estimate of drug-likeness (QED) is 0.698. The van der Waals surface area contributed by atoms with Gasteiger partial charge in [-0.05, 0) is 45.5 Å². The first-order chi connectivity index (χ1) is 11.2. The van der Waals surface area contributed by atoms with Crippen LogP contribution >= 0.6 is 0 Å². The van der Waals surface area contributed by atoms with Crippen LogP contribution in [0.4, 0.5) is 4.39 Å². The highest BCUT2D eigenvalue weighted by Crippen LogP contribution is 2.39. The van der Waals surface area contributed by atoms with E-state index in [0.717, 1.165) is 18.5 Å². The largest absolute Gasteiger partial charge is 0.344 e. The molecule has 0 saturated carbocycles. The van der Waals surface area contributed by atoms with Crippen LogP contribution in [0, 0.1) is 12.7 Å². The van der Waals surface area contributed by atoms with E-state index in [1.54, 1.807) is 12.1 Å². The molecule has 1 aromatic heterocycles. The number of rotatable bonds is 1. The third-order valence-corrected chi connectivity index (χ3v) is 4.40. The molecule has 1 N–H and O–H groups in total. The molecule has 0 atom stereocenters. The maximum absolute atomic E-state index is 14.2. The summed E-state index contributed by atoms with van der Waals surface area (Å²) >= 11 is 0. The smallest absolute Gasteiger partial charge is 0.131 e. The molecule has 0 saturated heterocycles. The van der Waals surface area contributed by atoms with E-state index >= 15 is 0 Å². The molecular weight excluding hydrogens is 287 g/mol. The standard InChI is InChI=1S/C18H16FN.C2H7N/c1-12-17(14-8-2-3-10-16(14)19)15-9-4-6-13-7-5-11-20(12)18(13)15;1-3-2/h2-4,6,8-10H,5,7,11H2,1H3;3H,1-2H3. The lowest BCUT2D eigenvalue weighted by Crippen LogP contribution is -2.08. The lowest BCUT2D eigenvalue weighted by Gasteiger charge is -2.16. The van der Waals surface area contributed by atoms with Gasteiger partial charge in [0, 0.05) is 28.8 Å². The van der Waals surface area contributed by atoms with Gasteiger partial charge >= 0.3 is 0 Å². The van der Waals surface area contributed by atoms with Crippen molar-refractivity contribution in [1.29, 1.82) is 0 Å². The Balaban J connectivity index is 0.000000485. The minimum Gasteiger partial charge on any atom is -0.344 e. The van der Waals surface area contributed by atoms with Gasteiger partial charge in [-0.25, -0.2) is 4.39 Å². The van der Waals surface area contributed by atoms with Crippen LogP contribution in [0.3, 0.4) is 0 Å². The molecule has 0 spiro atoms. The van der Waals surface area contributed by atoms with Gasteiger partial charge in [0.05, 0.1) is 5.52 Å². The van der Waals surface area contributed by atoms with E-state index in [2.05, 4.69) is 35.0 Å². The molecule has 2 heterocycles. The van der Waals surface area contributed by atoms with Crippen LogP contribution in [0.5, 0.6) is 0 Å². The van der Waals surface area contributed by atoms with Crippen LogP contribution in [0.1, 0.15) is 17.7 Å². The fourth-order valence-corrected chi connectivity index (χ4v) is 3.52. The molecule has 1 aliphatic rings. The molecule has 0 fully saturated rings. The summed E-state index contributed by atoms with van der Waals surface area (Å²) in [5.41, 5.74) is 5.64. The molecule has 0 amide bonds. The molecule has 3 heteroatoms. The van der Waals surface area contributed by atoms with Crippen molar-refractivity contribution in [2.75, 3.05) is 14.1 Å². The first-order valence-corrected chi connectivity index (χ1v) is 8.13. The van der Waals surface area contributed by atoms with Crippen molar-refractivity contribution in [2.45, 2.75) is 26.3 Å². The third kappa shape index (κ3) is 2.66. The second-order valence-corrected chi connectivity index (χ2v) is 6.01. The first kappa shape index (κ1) is 15.8. The third-order valence-electron chi connectivity index (χ3n) is 4.40. The topological polar surface area (TPSA) is 17.0 Å². The number of hydrogen-bond acceptors (Lipinski definition) is 1. The maximum atomic E-state index is 14.2. The number of hydrogen-bond donors (Lipinski definition) is 1. The van der Waals surface area contributed by atoms with Crippen molar-refractivity contribution >= 4 is 10.9 Å². The zero-order chi connectivity index (χ0) is 16.4. The van der Waals surface area contributed by atoms with Crippen LogP contribution in [0.15, 0.2) is 42.5 Å². The zero-order valence-corrected chi connectivity index (χ0v) is 14.0. The number of aryl methyl sites for hydroxylation is 2. The molecule has 1 aliphatic heterocycles. The van der Waals surface area contributed by atoms with E-state index in [1.165, 1.54) is 28.6 Å². The van der Waals surface area contributed by atoms with Gasteiger partial charge in [0.25, 0.3) is 0 Å². The fraction of sp³-hybridized carbons (Fsp3) is 0.300. The predicted molar refractivity (Wildman–Crippen MR) is 95.4 cm³/mol. The molecule has 0 bridgehead atoms. The van der Waals surface area contributed by atoms with E-state index in [0.29, 0.717) is 5.56 Å². The molecule has 0 aliphatic carbocycles. The van der Waals surface area contributed by atoms with Gasteiger partial charge in [-0.3, -0.25) is 0 Å². The van der Waals surface area contributed by atoms with Crippen molar-refractivity contribution in [3.63, 3.8) is 0 Å². The van der Waals surface area contributed by atoms with Crippen LogP contribution in [-0.2, 0) is 13.0 Å². The highest BCUT2D eigenvalue weighted by Gasteiger charge is 2.21. The first-order valence-electron chi connectivity index (χ1n) is 8.13. The van der Waals surface area contributed by atoms with Gasteiger partial charge in [0.15, 0.2) is 0 Å². The van der Waals surface area contributed by atoms with Gasteiger partial charge in [-0.15, -0.1) is 0 Å². The van der Waals surface area contributed by atoms with Gasteiger partial charge in [0.2, 0.25) is 0 Å². The lowest BCUT2D eigenvalue weighted by molar-refractivity contribution is 0.621. The second kappa shape index (κ2) is 6.55. The van der Waals surface area contributed by atoms with Crippen LogP contribution in [-0.4, -0.2) is 18.7 Å².